The minimum atomic E-state index is 0. The average Bonchev–Trinajstić information content (AvgIpc) is 3.32. The van der Waals surface area contributed by atoms with Crippen molar-refractivity contribution >= 4 is 29.9 Å². The Hall–Kier alpha value is -1.61. The Balaban J connectivity index is 0.00000243. The van der Waals surface area contributed by atoms with Gasteiger partial charge in [-0.2, -0.15) is 5.10 Å². The van der Waals surface area contributed by atoms with E-state index >= 15 is 0 Å². The zero-order valence-corrected chi connectivity index (χ0v) is 17.6. The molecule has 0 amide bonds. The van der Waals surface area contributed by atoms with Crippen LogP contribution in [0.15, 0.2) is 47.7 Å². The van der Waals surface area contributed by atoms with Gasteiger partial charge in [0, 0.05) is 32.1 Å². The van der Waals surface area contributed by atoms with Crippen molar-refractivity contribution in [2.45, 2.75) is 39.0 Å². The third kappa shape index (κ3) is 6.28. The molecule has 1 saturated heterocycles. The predicted octanol–water partition coefficient (Wildman–Crippen LogP) is 2.78. The molecule has 2 heterocycles. The minimum absolute atomic E-state index is 0. The van der Waals surface area contributed by atoms with Crippen molar-refractivity contribution in [3.05, 3.63) is 53.9 Å². The number of nitrogens with one attached hydrogen (secondary N) is 2. The van der Waals surface area contributed by atoms with Crippen molar-refractivity contribution in [1.82, 2.24) is 20.4 Å². The Morgan fingerprint density at radius 3 is 2.81 bits per heavy atom. The summed E-state index contributed by atoms with van der Waals surface area (Å²) in [5.74, 6) is 0.840. The quantitative estimate of drug-likeness (QED) is 0.372. The van der Waals surface area contributed by atoms with E-state index in [1.807, 2.05) is 16.9 Å². The summed E-state index contributed by atoms with van der Waals surface area (Å²) in [6.45, 7) is 6.00. The van der Waals surface area contributed by atoms with Crippen LogP contribution < -0.4 is 10.6 Å². The lowest BCUT2D eigenvalue weighted by molar-refractivity contribution is 0.114. The van der Waals surface area contributed by atoms with E-state index in [1.54, 1.807) is 6.20 Å². The van der Waals surface area contributed by atoms with E-state index in [0.29, 0.717) is 12.6 Å². The lowest BCUT2D eigenvalue weighted by Crippen LogP contribution is -2.41. The number of nitrogens with zero attached hydrogens (tertiary/aromatic N) is 3. The third-order valence-corrected chi connectivity index (χ3v) is 4.28. The number of guanidine groups is 1. The second-order valence-electron chi connectivity index (χ2n) is 6.18. The molecule has 7 heteroatoms. The normalized spacial score (nSPS) is 17.0. The molecule has 1 aromatic carbocycles. The van der Waals surface area contributed by atoms with E-state index in [9.17, 15) is 0 Å². The third-order valence-electron chi connectivity index (χ3n) is 4.28. The first-order chi connectivity index (χ1) is 12.3. The fourth-order valence-corrected chi connectivity index (χ4v) is 2.96. The molecular weight excluding hydrogens is 441 g/mol. The standard InChI is InChI=1S/C19H27N5O.HI/c1-2-20-19(22-14-18-9-5-12-25-18)21-13-16-7-3-4-8-17(16)15-24-11-6-10-23-24;/h3-4,6-8,10-11,18H,2,5,9,12-15H2,1H3,(H2,20,21,22);1H. The molecule has 2 N–H and O–H groups in total. The highest BCUT2D eigenvalue weighted by Crippen LogP contribution is 2.12. The molecule has 1 atom stereocenters. The van der Waals surface area contributed by atoms with Gasteiger partial charge in [-0.25, -0.2) is 4.99 Å². The number of aliphatic imine (C=N–C) groups is 1. The second kappa shape index (κ2) is 11.2. The summed E-state index contributed by atoms with van der Waals surface area (Å²) in [5, 5.41) is 11.0. The number of hydrogen-bond donors (Lipinski definition) is 2. The summed E-state index contributed by atoms with van der Waals surface area (Å²) in [6, 6.07) is 10.3. The molecule has 2 aromatic rings. The van der Waals surface area contributed by atoms with Crippen LogP contribution >= 0.6 is 24.0 Å². The maximum absolute atomic E-state index is 5.67. The highest BCUT2D eigenvalue weighted by atomic mass is 127. The van der Waals surface area contributed by atoms with Crippen LogP contribution in [0.4, 0.5) is 0 Å². The van der Waals surface area contributed by atoms with Crippen molar-refractivity contribution in [1.29, 1.82) is 0 Å². The molecule has 26 heavy (non-hydrogen) atoms. The van der Waals surface area contributed by atoms with E-state index in [1.165, 1.54) is 11.1 Å². The molecule has 0 saturated carbocycles. The van der Waals surface area contributed by atoms with Gasteiger partial charge in [-0.3, -0.25) is 4.68 Å². The first-order valence-corrected chi connectivity index (χ1v) is 9.03. The maximum atomic E-state index is 5.67. The Morgan fingerprint density at radius 1 is 1.27 bits per heavy atom. The topological polar surface area (TPSA) is 63.5 Å². The molecule has 6 nitrogen and oxygen atoms in total. The van der Waals surface area contributed by atoms with Gasteiger partial charge < -0.3 is 15.4 Å². The van der Waals surface area contributed by atoms with Crippen LogP contribution in [0.2, 0.25) is 0 Å². The summed E-state index contributed by atoms with van der Waals surface area (Å²) >= 11 is 0. The molecule has 3 rings (SSSR count). The van der Waals surface area contributed by atoms with Crippen molar-refractivity contribution < 1.29 is 4.74 Å². The molecule has 1 fully saturated rings. The monoisotopic (exact) mass is 469 g/mol. The van der Waals surface area contributed by atoms with Gasteiger partial charge in [0.2, 0.25) is 0 Å². The maximum Gasteiger partial charge on any atom is 0.191 e. The molecule has 1 aliphatic rings. The summed E-state index contributed by atoms with van der Waals surface area (Å²) in [5.41, 5.74) is 2.46. The molecule has 0 bridgehead atoms. The fourth-order valence-electron chi connectivity index (χ4n) is 2.96. The molecule has 0 radical (unpaired) electrons. The van der Waals surface area contributed by atoms with E-state index in [2.05, 4.69) is 46.9 Å². The van der Waals surface area contributed by atoms with Gasteiger partial charge >= 0.3 is 0 Å². The number of hydrogen-bond acceptors (Lipinski definition) is 3. The van der Waals surface area contributed by atoms with Crippen LogP contribution in [0.25, 0.3) is 0 Å². The molecule has 0 aliphatic carbocycles. The van der Waals surface area contributed by atoms with Gasteiger partial charge in [0.25, 0.3) is 0 Å². The van der Waals surface area contributed by atoms with Gasteiger partial charge in [-0.1, -0.05) is 24.3 Å². The van der Waals surface area contributed by atoms with Gasteiger partial charge in [-0.15, -0.1) is 24.0 Å². The van der Waals surface area contributed by atoms with Crippen LogP contribution in [0.5, 0.6) is 0 Å². The summed E-state index contributed by atoms with van der Waals surface area (Å²) in [4.78, 5) is 4.74. The molecule has 0 spiro atoms. The zero-order chi connectivity index (χ0) is 17.3. The zero-order valence-electron chi connectivity index (χ0n) is 15.2. The van der Waals surface area contributed by atoms with Gasteiger partial charge in [0.05, 0.1) is 19.2 Å². The first-order valence-electron chi connectivity index (χ1n) is 9.03. The molecular formula is C19H28IN5O. The number of halogens is 1. The highest BCUT2D eigenvalue weighted by molar-refractivity contribution is 14.0. The number of ether oxygens (including phenoxy) is 1. The van der Waals surface area contributed by atoms with E-state index in [0.717, 1.165) is 45.0 Å². The Morgan fingerprint density at radius 2 is 2.12 bits per heavy atom. The predicted molar refractivity (Wildman–Crippen MR) is 115 cm³/mol. The SMILES string of the molecule is CCNC(=NCc1ccccc1Cn1cccn1)NCC1CCCO1.I. The lowest BCUT2D eigenvalue weighted by atomic mass is 10.1. The van der Waals surface area contributed by atoms with Gasteiger partial charge in [0.1, 0.15) is 0 Å². The Bertz CT molecular complexity index is 668. The first kappa shape index (κ1) is 20.7. The van der Waals surface area contributed by atoms with Gasteiger partial charge in [-0.05, 0) is 37.0 Å². The molecule has 1 unspecified atom stereocenters. The number of rotatable bonds is 7. The summed E-state index contributed by atoms with van der Waals surface area (Å²) in [6.07, 6.45) is 6.36. The summed E-state index contributed by atoms with van der Waals surface area (Å²) in [7, 11) is 0. The van der Waals surface area contributed by atoms with Crippen molar-refractivity contribution in [3.8, 4) is 0 Å². The highest BCUT2D eigenvalue weighted by Gasteiger charge is 2.15. The van der Waals surface area contributed by atoms with E-state index in [4.69, 9.17) is 9.73 Å². The van der Waals surface area contributed by atoms with E-state index < -0.39 is 0 Å². The van der Waals surface area contributed by atoms with Crippen LogP contribution in [-0.4, -0.2) is 41.5 Å². The fraction of sp³-hybridized carbons (Fsp3) is 0.474. The van der Waals surface area contributed by atoms with Crippen LogP contribution in [0, 0.1) is 0 Å². The summed E-state index contributed by atoms with van der Waals surface area (Å²) < 4.78 is 7.60. The Labute approximate surface area is 172 Å². The van der Waals surface area contributed by atoms with Gasteiger partial charge in [0.15, 0.2) is 5.96 Å². The van der Waals surface area contributed by atoms with E-state index in [-0.39, 0.29) is 24.0 Å². The molecule has 1 aliphatic heterocycles. The number of benzene rings is 1. The van der Waals surface area contributed by atoms with Crippen molar-refractivity contribution in [2.75, 3.05) is 19.7 Å². The van der Waals surface area contributed by atoms with Crippen LogP contribution in [-0.2, 0) is 17.8 Å². The Kier molecular flexibility index (Phi) is 8.90. The molecule has 142 valence electrons. The number of aromatic nitrogens is 2. The average molecular weight is 469 g/mol. The van der Waals surface area contributed by atoms with Crippen molar-refractivity contribution in [2.24, 2.45) is 4.99 Å². The van der Waals surface area contributed by atoms with Crippen LogP contribution in [0.1, 0.15) is 30.9 Å². The van der Waals surface area contributed by atoms with Crippen molar-refractivity contribution in [3.63, 3.8) is 0 Å². The van der Waals surface area contributed by atoms with Crippen LogP contribution in [0.3, 0.4) is 0 Å². The molecule has 1 aromatic heterocycles. The lowest BCUT2D eigenvalue weighted by Gasteiger charge is -2.15. The largest absolute Gasteiger partial charge is 0.376 e. The minimum Gasteiger partial charge on any atom is -0.376 e. The smallest absolute Gasteiger partial charge is 0.191 e. The second-order valence-corrected chi connectivity index (χ2v) is 6.18.